The molecule has 0 aromatic heterocycles. The van der Waals surface area contributed by atoms with Crippen LogP contribution in [-0.2, 0) is 13.0 Å². The van der Waals surface area contributed by atoms with Crippen LogP contribution in [0.4, 0.5) is 4.39 Å². The summed E-state index contributed by atoms with van der Waals surface area (Å²) in [5.41, 5.74) is 1.80. The number of halogens is 2. The van der Waals surface area contributed by atoms with E-state index in [2.05, 4.69) is 15.6 Å². The Morgan fingerprint density at radius 1 is 1.12 bits per heavy atom. The van der Waals surface area contributed by atoms with E-state index in [4.69, 9.17) is 4.74 Å². The van der Waals surface area contributed by atoms with Gasteiger partial charge in [0.25, 0.3) is 0 Å². The number of aliphatic imine (C=N–C) groups is 1. The molecule has 2 aromatic rings. The van der Waals surface area contributed by atoms with Crippen LogP contribution in [0.5, 0.6) is 5.75 Å². The summed E-state index contributed by atoms with van der Waals surface area (Å²) < 4.78 is 19.3. The molecule has 0 atom stereocenters. The molecule has 0 radical (unpaired) electrons. The van der Waals surface area contributed by atoms with Crippen LogP contribution in [-0.4, -0.2) is 25.7 Å². The molecule has 0 aliphatic carbocycles. The van der Waals surface area contributed by atoms with Crippen molar-refractivity contribution in [3.8, 4) is 5.75 Å². The van der Waals surface area contributed by atoms with Gasteiger partial charge in [0.1, 0.15) is 11.6 Å². The first kappa shape index (κ1) is 22.2. The predicted octanol–water partition coefficient (Wildman–Crippen LogP) is 4.14. The van der Waals surface area contributed by atoms with E-state index < -0.39 is 0 Å². The van der Waals surface area contributed by atoms with Gasteiger partial charge in [0.2, 0.25) is 0 Å². The summed E-state index contributed by atoms with van der Waals surface area (Å²) in [4.78, 5) is 4.20. The Morgan fingerprint density at radius 2 is 1.88 bits per heavy atom. The van der Waals surface area contributed by atoms with Gasteiger partial charge in [-0.2, -0.15) is 0 Å². The molecule has 2 N–H and O–H groups in total. The normalized spacial score (nSPS) is 11.0. The lowest BCUT2D eigenvalue weighted by atomic mass is 10.1. The summed E-state index contributed by atoms with van der Waals surface area (Å²) in [5.74, 6) is 1.37. The van der Waals surface area contributed by atoms with Crippen LogP contribution >= 0.6 is 24.0 Å². The molecule has 2 aromatic carbocycles. The standard InChI is InChI=1S/C20H26FN3O.HI/c1-15(2)25-18-9-6-7-16(13-18)14-24-20(22-3)23-12-11-17-8-4-5-10-19(17)21;/h4-10,13,15H,11-12,14H2,1-3H3,(H2,22,23,24);1H. The van der Waals surface area contributed by atoms with Gasteiger partial charge in [-0.3, -0.25) is 4.99 Å². The second-order valence-corrected chi connectivity index (χ2v) is 6.01. The van der Waals surface area contributed by atoms with E-state index in [9.17, 15) is 4.39 Å². The fourth-order valence-corrected chi connectivity index (χ4v) is 2.42. The van der Waals surface area contributed by atoms with E-state index in [0.29, 0.717) is 31.0 Å². The Labute approximate surface area is 172 Å². The first-order valence-corrected chi connectivity index (χ1v) is 8.52. The van der Waals surface area contributed by atoms with Crippen LogP contribution in [0.15, 0.2) is 53.5 Å². The van der Waals surface area contributed by atoms with E-state index in [1.807, 2.05) is 44.2 Å². The second-order valence-electron chi connectivity index (χ2n) is 6.01. The number of benzene rings is 2. The van der Waals surface area contributed by atoms with E-state index in [1.165, 1.54) is 6.07 Å². The molecular formula is C20H27FIN3O. The summed E-state index contributed by atoms with van der Waals surface area (Å²) in [6, 6.07) is 14.8. The summed E-state index contributed by atoms with van der Waals surface area (Å²) in [5, 5.41) is 6.46. The SMILES string of the molecule is CN=C(NCCc1ccccc1F)NCc1cccc(OC(C)C)c1.I. The summed E-state index contributed by atoms with van der Waals surface area (Å²) >= 11 is 0. The van der Waals surface area contributed by atoms with Crippen molar-refractivity contribution < 1.29 is 9.13 Å². The lowest BCUT2D eigenvalue weighted by Gasteiger charge is -2.14. The van der Waals surface area contributed by atoms with Gasteiger partial charge in [-0.1, -0.05) is 30.3 Å². The van der Waals surface area contributed by atoms with Gasteiger partial charge in [0.05, 0.1) is 6.10 Å². The molecule has 4 nitrogen and oxygen atoms in total. The molecule has 0 unspecified atom stereocenters. The van der Waals surface area contributed by atoms with Crippen LogP contribution < -0.4 is 15.4 Å². The highest BCUT2D eigenvalue weighted by atomic mass is 127. The van der Waals surface area contributed by atoms with Crippen molar-refractivity contribution in [2.45, 2.75) is 32.9 Å². The lowest BCUT2D eigenvalue weighted by Crippen LogP contribution is -2.37. The van der Waals surface area contributed by atoms with Gasteiger partial charge in [-0.05, 0) is 49.6 Å². The van der Waals surface area contributed by atoms with E-state index in [0.717, 1.165) is 11.3 Å². The molecule has 0 spiro atoms. The van der Waals surface area contributed by atoms with Crippen LogP contribution in [0.3, 0.4) is 0 Å². The number of hydrogen-bond acceptors (Lipinski definition) is 2. The largest absolute Gasteiger partial charge is 0.491 e. The molecule has 2 rings (SSSR count). The van der Waals surface area contributed by atoms with Crippen molar-refractivity contribution in [2.75, 3.05) is 13.6 Å². The summed E-state index contributed by atoms with van der Waals surface area (Å²) in [6.07, 6.45) is 0.751. The highest BCUT2D eigenvalue weighted by Gasteiger charge is 2.03. The average Bonchev–Trinajstić information content (AvgIpc) is 2.59. The van der Waals surface area contributed by atoms with E-state index >= 15 is 0 Å². The Balaban J connectivity index is 0.00000338. The second kappa shape index (κ2) is 11.7. The molecule has 0 fully saturated rings. The Bertz CT molecular complexity index is 707. The minimum atomic E-state index is -0.172. The third-order valence-corrected chi connectivity index (χ3v) is 3.60. The van der Waals surface area contributed by atoms with Crippen LogP contribution in [0.1, 0.15) is 25.0 Å². The molecule has 6 heteroatoms. The zero-order valence-electron chi connectivity index (χ0n) is 15.5. The molecule has 142 valence electrons. The van der Waals surface area contributed by atoms with E-state index in [-0.39, 0.29) is 35.9 Å². The van der Waals surface area contributed by atoms with Crippen molar-refractivity contribution in [2.24, 2.45) is 4.99 Å². The van der Waals surface area contributed by atoms with Crippen molar-refractivity contribution in [3.05, 3.63) is 65.5 Å². The number of hydrogen-bond donors (Lipinski definition) is 2. The number of rotatable bonds is 7. The van der Waals surface area contributed by atoms with Gasteiger partial charge in [-0.25, -0.2) is 4.39 Å². The van der Waals surface area contributed by atoms with Crippen molar-refractivity contribution >= 4 is 29.9 Å². The maximum Gasteiger partial charge on any atom is 0.191 e. The highest BCUT2D eigenvalue weighted by molar-refractivity contribution is 14.0. The first-order valence-electron chi connectivity index (χ1n) is 8.52. The number of nitrogens with one attached hydrogen (secondary N) is 2. The van der Waals surface area contributed by atoms with E-state index in [1.54, 1.807) is 19.2 Å². The lowest BCUT2D eigenvalue weighted by molar-refractivity contribution is 0.242. The fraction of sp³-hybridized carbons (Fsp3) is 0.350. The number of nitrogens with zero attached hydrogens (tertiary/aromatic N) is 1. The minimum absolute atomic E-state index is 0. The Kier molecular flexibility index (Phi) is 10.0. The zero-order chi connectivity index (χ0) is 18.1. The van der Waals surface area contributed by atoms with Gasteiger partial charge in [0, 0.05) is 20.1 Å². The quantitative estimate of drug-likeness (QED) is 0.363. The molecule has 26 heavy (non-hydrogen) atoms. The average molecular weight is 471 g/mol. The van der Waals surface area contributed by atoms with Gasteiger partial charge >= 0.3 is 0 Å². The molecule has 0 bridgehead atoms. The van der Waals surface area contributed by atoms with Crippen molar-refractivity contribution in [3.63, 3.8) is 0 Å². The van der Waals surface area contributed by atoms with Crippen molar-refractivity contribution in [1.29, 1.82) is 0 Å². The van der Waals surface area contributed by atoms with Crippen molar-refractivity contribution in [1.82, 2.24) is 10.6 Å². The predicted molar refractivity (Wildman–Crippen MR) is 116 cm³/mol. The summed E-state index contributed by atoms with van der Waals surface area (Å²) in [6.45, 7) is 5.25. The Hall–Kier alpha value is -1.83. The van der Waals surface area contributed by atoms with Crippen LogP contribution in [0, 0.1) is 5.82 Å². The van der Waals surface area contributed by atoms with Gasteiger partial charge in [0.15, 0.2) is 5.96 Å². The molecule has 0 amide bonds. The van der Waals surface area contributed by atoms with Gasteiger partial charge < -0.3 is 15.4 Å². The molecule has 0 saturated carbocycles. The molecule has 0 aliphatic heterocycles. The van der Waals surface area contributed by atoms with Crippen LogP contribution in [0.25, 0.3) is 0 Å². The summed E-state index contributed by atoms with van der Waals surface area (Å²) in [7, 11) is 1.72. The topological polar surface area (TPSA) is 45.7 Å². The minimum Gasteiger partial charge on any atom is -0.491 e. The first-order chi connectivity index (χ1) is 12.1. The van der Waals surface area contributed by atoms with Crippen LogP contribution in [0.2, 0.25) is 0 Å². The Morgan fingerprint density at radius 3 is 2.58 bits per heavy atom. The maximum absolute atomic E-state index is 13.6. The molecule has 0 heterocycles. The molecule has 0 aliphatic rings. The number of guanidine groups is 1. The third kappa shape index (κ3) is 7.59. The smallest absolute Gasteiger partial charge is 0.191 e. The monoisotopic (exact) mass is 471 g/mol. The molecular weight excluding hydrogens is 444 g/mol. The maximum atomic E-state index is 13.6. The van der Waals surface area contributed by atoms with Gasteiger partial charge in [-0.15, -0.1) is 24.0 Å². The fourth-order valence-electron chi connectivity index (χ4n) is 2.42. The highest BCUT2D eigenvalue weighted by Crippen LogP contribution is 2.14. The zero-order valence-corrected chi connectivity index (χ0v) is 17.8. The number of ether oxygens (including phenoxy) is 1. The third-order valence-electron chi connectivity index (χ3n) is 3.60. The molecule has 0 saturated heterocycles.